The molecule has 0 radical (unpaired) electrons. The molecule has 16 heavy (non-hydrogen) atoms. The zero-order valence-electron chi connectivity index (χ0n) is 9.06. The molecular weight excluding hydrogens is 208 g/mol. The van der Waals surface area contributed by atoms with E-state index >= 15 is 0 Å². The molecule has 0 amide bonds. The summed E-state index contributed by atoms with van der Waals surface area (Å²) in [4.78, 5) is 21.5. The van der Waals surface area contributed by atoms with Gasteiger partial charge in [0.25, 0.3) is 0 Å². The van der Waals surface area contributed by atoms with Gasteiger partial charge in [-0.2, -0.15) is 0 Å². The summed E-state index contributed by atoms with van der Waals surface area (Å²) in [6.45, 7) is 0. The van der Waals surface area contributed by atoms with Gasteiger partial charge < -0.3 is 10.2 Å². The first kappa shape index (κ1) is 12.6. The summed E-state index contributed by atoms with van der Waals surface area (Å²) in [5.74, 6) is -0.784. The SMILES string of the molecule is O=C(O)CC/C=C/CCC1=CC(O)CC1=O. The molecule has 0 aromatic rings. The van der Waals surface area contributed by atoms with E-state index in [0.29, 0.717) is 24.8 Å². The molecule has 4 nitrogen and oxygen atoms in total. The van der Waals surface area contributed by atoms with Crippen LogP contribution in [-0.2, 0) is 9.59 Å². The van der Waals surface area contributed by atoms with Gasteiger partial charge >= 0.3 is 5.97 Å². The van der Waals surface area contributed by atoms with Crippen LogP contribution in [0.2, 0.25) is 0 Å². The Morgan fingerprint density at radius 3 is 2.69 bits per heavy atom. The minimum atomic E-state index is -0.804. The number of carbonyl (C=O) groups excluding carboxylic acids is 1. The van der Waals surface area contributed by atoms with Crippen molar-refractivity contribution in [3.05, 3.63) is 23.8 Å². The maximum atomic E-state index is 11.3. The van der Waals surface area contributed by atoms with Gasteiger partial charge in [0.2, 0.25) is 0 Å². The van der Waals surface area contributed by atoms with Crippen molar-refractivity contribution in [3.8, 4) is 0 Å². The lowest BCUT2D eigenvalue weighted by molar-refractivity contribution is -0.136. The van der Waals surface area contributed by atoms with Crippen LogP contribution in [0.4, 0.5) is 0 Å². The Kier molecular flexibility index (Phi) is 4.92. The number of carbonyl (C=O) groups is 2. The molecule has 1 rings (SSSR count). The minimum absolute atomic E-state index is 0.0198. The fourth-order valence-corrected chi connectivity index (χ4v) is 1.61. The minimum Gasteiger partial charge on any atom is -0.481 e. The second kappa shape index (κ2) is 6.23. The van der Waals surface area contributed by atoms with Gasteiger partial charge in [-0.05, 0) is 30.9 Å². The lowest BCUT2D eigenvalue weighted by atomic mass is 10.1. The van der Waals surface area contributed by atoms with E-state index in [1.807, 2.05) is 12.2 Å². The number of ketones is 1. The van der Waals surface area contributed by atoms with Crippen molar-refractivity contribution in [1.82, 2.24) is 0 Å². The Hall–Kier alpha value is -1.42. The number of allylic oxidation sites excluding steroid dienone is 3. The van der Waals surface area contributed by atoms with Crippen molar-refractivity contribution in [2.75, 3.05) is 0 Å². The van der Waals surface area contributed by atoms with E-state index in [4.69, 9.17) is 5.11 Å². The molecule has 1 unspecified atom stereocenters. The summed E-state index contributed by atoms with van der Waals surface area (Å²) in [5.41, 5.74) is 0.690. The molecule has 0 aliphatic heterocycles. The second-order valence-electron chi connectivity index (χ2n) is 3.83. The van der Waals surface area contributed by atoms with Gasteiger partial charge in [0.05, 0.1) is 6.10 Å². The van der Waals surface area contributed by atoms with Crippen LogP contribution in [0.3, 0.4) is 0 Å². The molecule has 4 heteroatoms. The molecule has 1 aliphatic carbocycles. The van der Waals surface area contributed by atoms with Crippen LogP contribution >= 0.6 is 0 Å². The highest BCUT2D eigenvalue weighted by atomic mass is 16.4. The van der Waals surface area contributed by atoms with Gasteiger partial charge in [-0.1, -0.05) is 12.2 Å². The van der Waals surface area contributed by atoms with Crippen molar-refractivity contribution in [2.24, 2.45) is 0 Å². The van der Waals surface area contributed by atoms with Crippen molar-refractivity contribution in [2.45, 2.75) is 38.2 Å². The first-order valence-corrected chi connectivity index (χ1v) is 5.38. The molecule has 0 saturated carbocycles. The van der Waals surface area contributed by atoms with Gasteiger partial charge in [-0.25, -0.2) is 0 Å². The molecule has 0 bridgehead atoms. The number of aliphatic hydroxyl groups excluding tert-OH is 1. The Morgan fingerprint density at radius 1 is 1.44 bits per heavy atom. The topological polar surface area (TPSA) is 74.6 Å². The number of rotatable bonds is 6. The van der Waals surface area contributed by atoms with Crippen LogP contribution in [0.5, 0.6) is 0 Å². The number of carboxylic acid groups (broad SMARTS) is 1. The van der Waals surface area contributed by atoms with Crippen molar-refractivity contribution in [3.63, 3.8) is 0 Å². The smallest absolute Gasteiger partial charge is 0.303 e. The molecular formula is C12H16O4. The van der Waals surface area contributed by atoms with Crippen molar-refractivity contribution >= 4 is 11.8 Å². The number of aliphatic carboxylic acids is 1. The van der Waals surface area contributed by atoms with Crippen LogP contribution in [0.15, 0.2) is 23.8 Å². The first-order valence-electron chi connectivity index (χ1n) is 5.38. The maximum Gasteiger partial charge on any atom is 0.303 e. The van der Waals surface area contributed by atoms with E-state index < -0.39 is 12.1 Å². The quantitative estimate of drug-likeness (QED) is 0.669. The molecule has 0 aromatic heterocycles. The van der Waals surface area contributed by atoms with E-state index in [9.17, 15) is 14.7 Å². The number of aliphatic hydroxyl groups is 1. The predicted octanol–water partition coefficient (Wildman–Crippen LogP) is 1.45. The summed E-state index contributed by atoms with van der Waals surface area (Å²) >= 11 is 0. The average Bonchev–Trinajstić information content (AvgIpc) is 2.50. The molecule has 1 aliphatic rings. The van der Waals surface area contributed by atoms with Gasteiger partial charge in [0.15, 0.2) is 5.78 Å². The molecule has 0 fully saturated rings. The largest absolute Gasteiger partial charge is 0.481 e. The normalized spacial score (nSPS) is 20.4. The van der Waals surface area contributed by atoms with Crippen LogP contribution in [0.25, 0.3) is 0 Å². The third-order valence-corrected chi connectivity index (χ3v) is 2.42. The zero-order valence-corrected chi connectivity index (χ0v) is 9.06. The molecule has 2 N–H and O–H groups in total. The van der Waals surface area contributed by atoms with E-state index in [2.05, 4.69) is 0 Å². The van der Waals surface area contributed by atoms with E-state index in [-0.39, 0.29) is 18.6 Å². The molecule has 0 saturated heterocycles. The monoisotopic (exact) mass is 224 g/mol. The second-order valence-corrected chi connectivity index (χ2v) is 3.83. The highest BCUT2D eigenvalue weighted by molar-refractivity contribution is 5.98. The van der Waals surface area contributed by atoms with E-state index in [1.165, 1.54) is 0 Å². The summed E-state index contributed by atoms with van der Waals surface area (Å²) in [6.07, 6.45) is 6.88. The van der Waals surface area contributed by atoms with E-state index in [1.54, 1.807) is 6.08 Å². The van der Waals surface area contributed by atoms with Crippen molar-refractivity contribution < 1.29 is 19.8 Å². The summed E-state index contributed by atoms with van der Waals surface area (Å²) in [6, 6.07) is 0. The Labute approximate surface area is 94.3 Å². The standard InChI is InChI=1S/C12H16O4/c13-10-7-9(11(14)8-10)5-3-1-2-4-6-12(15)16/h1-2,7,10,13H,3-6,8H2,(H,15,16)/b2-1+. The van der Waals surface area contributed by atoms with Crippen LogP contribution in [0, 0.1) is 0 Å². The number of hydrogen-bond acceptors (Lipinski definition) is 3. The zero-order chi connectivity index (χ0) is 12.0. The fourth-order valence-electron chi connectivity index (χ4n) is 1.61. The number of hydrogen-bond donors (Lipinski definition) is 2. The molecule has 1 atom stereocenters. The van der Waals surface area contributed by atoms with Gasteiger partial charge in [-0.3, -0.25) is 9.59 Å². The molecule has 0 heterocycles. The van der Waals surface area contributed by atoms with Gasteiger partial charge in [0.1, 0.15) is 0 Å². The summed E-state index contributed by atoms with van der Waals surface area (Å²) < 4.78 is 0. The highest BCUT2D eigenvalue weighted by Crippen LogP contribution is 2.19. The highest BCUT2D eigenvalue weighted by Gasteiger charge is 2.20. The fraction of sp³-hybridized carbons (Fsp3) is 0.500. The molecule has 88 valence electrons. The van der Waals surface area contributed by atoms with E-state index in [0.717, 1.165) is 0 Å². The third kappa shape index (κ3) is 4.40. The average molecular weight is 224 g/mol. The summed E-state index contributed by atoms with van der Waals surface area (Å²) in [5, 5.41) is 17.6. The maximum absolute atomic E-state index is 11.3. The van der Waals surface area contributed by atoms with Crippen molar-refractivity contribution in [1.29, 1.82) is 0 Å². The Balaban J connectivity index is 2.18. The number of carboxylic acids is 1. The number of Topliss-reactive ketones (excluding diaryl/α,β-unsaturated/α-hetero) is 1. The van der Waals surface area contributed by atoms with Crippen LogP contribution in [0.1, 0.15) is 32.1 Å². The Morgan fingerprint density at radius 2 is 2.12 bits per heavy atom. The van der Waals surface area contributed by atoms with Crippen LogP contribution in [-0.4, -0.2) is 28.1 Å². The lowest BCUT2D eigenvalue weighted by Gasteiger charge is -1.95. The van der Waals surface area contributed by atoms with Gasteiger partial charge in [-0.15, -0.1) is 0 Å². The summed E-state index contributed by atoms with van der Waals surface area (Å²) in [7, 11) is 0. The third-order valence-electron chi connectivity index (χ3n) is 2.42. The Bertz CT molecular complexity index is 328. The first-order chi connectivity index (χ1) is 7.59. The predicted molar refractivity (Wildman–Crippen MR) is 59.0 cm³/mol. The molecule has 0 spiro atoms. The van der Waals surface area contributed by atoms with Gasteiger partial charge in [0, 0.05) is 12.8 Å². The molecule has 0 aromatic carbocycles. The lowest BCUT2D eigenvalue weighted by Crippen LogP contribution is -2.01. The van der Waals surface area contributed by atoms with Crippen LogP contribution < -0.4 is 0 Å².